The first-order valence-electron chi connectivity index (χ1n) is 17.4. The third-order valence-electron chi connectivity index (χ3n) is 7.82. The molecule has 0 aliphatic carbocycles. The SMILES string of the molecule is C=CC(=O)N1CN(C(=O)C=C)CN(C(=O)C=C)C1.C=CC(=O)N1CN(C(=O)C=C)CN(C(=O)CCN(CC)CCCCO)C1.CCNCCCCO. The summed E-state index contributed by atoms with van der Waals surface area (Å²) in [6.45, 7) is 26.7. The van der Waals surface area contributed by atoms with E-state index in [1.807, 2.05) is 6.92 Å². The zero-order chi connectivity index (χ0) is 39.5. The molecular formula is C36H60N8O8. The van der Waals surface area contributed by atoms with Crippen LogP contribution < -0.4 is 5.32 Å². The zero-order valence-corrected chi connectivity index (χ0v) is 31.1. The summed E-state index contributed by atoms with van der Waals surface area (Å²) >= 11 is 0. The molecule has 2 aliphatic rings. The van der Waals surface area contributed by atoms with Gasteiger partial charge in [0.2, 0.25) is 35.4 Å². The van der Waals surface area contributed by atoms with Gasteiger partial charge in [0.15, 0.2) is 0 Å². The van der Waals surface area contributed by atoms with Gasteiger partial charge in [-0.25, -0.2) is 0 Å². The minimum Gasteiger partial charge on any atom is -0.396 e. The molecule has 0 radical (unpaired) electrons. The van der Waals surface area contributed by atoms with Crippen molar-refractivity contribution in [3.8, 4) is 0 Å². The summed E-state index contributed by atoms with van der Waals surface area (Å²) in [5.41, 5.74) is 0. The maximum Gasteiger partial charge on any atom is 0.248 e. The minimum absolute atomic E-state index is 0.108. The number of amides is 6. The van der Waals surface area contributed by atoms with E-state index in [1.54, 1.807) is 0 Å². The van der Waals surface area contributed by atoms with Crippen molar-refractivity contribution in [3.63, 3.8) is 0 Å². The fourth-order valence-electron chi connectivity index (χ4n) is 4.83. The Morgan fingerprint density at radius 3 is 1.21 bits per heavy atom. The van der Waals surface area contributed by atoms with Gasteiger partial charge in [0.25, 0.3) is 0 Å². The van der Waals surface area contributed by atoms with Crippen LogP contribution in [0, 0.1) is 0 Å². The first-order chi connectivity index (χ1) is 24.9. The standard InChI is InChI=1S/C18H30N4O4.C12H15N3O3.C6H15NO/c1-4-16(24)20-13-21(17(25)5-2)15-22(14-20)18(26)9-11-19(6-3)10-7-8-12-23;1-4-10(16)13-7-14(11(17)5-2)9-15(8-13)12(18)6-3;1-2-7-5-3-4-6-8/h4-5,23H,1-2,6-15H2,3H3;4-6H,1-3,7-9H2;7-8H,2-6H2,1H3. The number of carbonyl (C=O) groups is 6. The van der Waals surface area contributed by atoms with E-state index in [-0.39, 0.29) is 82.1 Å². The van der Waals surface area contributed by atoms with Gasteiger partial charge in [-0.3, -0.25) is 28.8 Å². The van der Waals surface area contributed by atoms with Crippen LogP contribution in [0.15, 0.2) is 63.3 Å². The molecule has 0 aromatic rings. The van der Waals surface area contributed by atoms with Gasteiger partial charge >= 0.3 is 0 Å². The average Bonchev–Trinajstić information content (AvgIpc) is 3.19. The number of rotatable bonds is 18. The predicted molar refractivity (Wildman–Crippen MR) is 199 cm³/mol. The van der Waals surface area contributed by atoms with Crippen molar-refractivity contribution in [2.45, 2.75) is 46.0 Å². The van der Waals surface area contributed by atoms with Crippen LogP contribution in [0.3, 0.4) is 0 Å². The Labute approximate surface area is 308 Å². The van der Waals surface area contributed by atoms with Crippen LogP contribution in [0.25, 0.3) is 0 Å². The van der Waals surface area contributed by atoms with Crippen LogP contribution >= 0.6 is 0 Å². The van der Waals surface area contributed by atoms with Gasteiger partial charge in [0.05, 0.1) is 40.0 Å². The number of nitrogens with zero attached hydrogens (tertiary/aromatic N) is 7. The number of aliphatic hydroxyl groups excluding tert-OH is 2. The van der Waals surface area contributed by atoms with Gasteiger partial charge in [-0.1, -0.05) is 46.7 Å². The van der Waals surface area contributed by atoms with Crippen LogP contribution in [-0.2, 0) is 28.8 Å². The highest BCUT2D eigenvalue weighted by atomic mass is 16.3. The summed E-state index contributed by atoms with van der Waals surface area (Å²) in [4.78, 5) is 81.6. The molecule has 0 spiro atoms. The Hall–Kier alpha value is -4.64. The van der Waals surface area contributed by atoms with Gasteiger partial charge in [-0.05, 0) is 82.2 Å². The molecule has 0 atom stereocenters. The molecule has 292 valence electrons. The Morgan fingerprint density at radius 2 is 0.904 bits per heavy atom. The third kappa shape index (κ3) is 18.0. The highest BCUT2D eigenvalue weighted by Crippen LogP contribution is 2.12. The van der Waals surface area contributed by atoms with Crippen LogP contribution in [0.1, 0.15) is 46.0 Å². The largest absolute Gasteiger partial charge is 0.396 e. The smallest absolute Gasteiger partial charge is 0.248 e. The minimum atomic E-state index is -0.349. The lowest BCUT2D eigenvalue weighted by Crippen LogP contribution is -2.59. The van der Waals surface area contributed by atoms with Crippen molar-refractivity contribution in [2.24, 2.45) is 0 Å². The third-order valence-corrected chi connectivity index (χ3v) is 7.82. The van der Waals surface area contributed by atoms with E-state index in [1.165, 1.54) is 41.6 Å². The topological polar surface area (TPSA) is 178 Å². The molecule has 16 heteroatoms. The number of hydrogen-bond donors (Lipinski definition) is 3. The lowest BCUT2D eigenvalue weighted by atomic mass is 10.2. The van der Waals surface area contributed by atoms with E-state index in [0.29, 0.717) is 19.6 Å². The van der Waals surface area contributed by atoms with Crippen LogP contribution in [0.4, 0.5) is 0 Å². The van der Waals surface area contributed by atoms with Crippen LogP contribution in [-0.4, -0.2) is 166 Å². The molecule has 0 saturated carbocycles. The molecular weight excluding hydrogens is 672 g/mol. The maximum absolute atomic E-state index is 12.6. The molecule has 0 aromatic heterocycles. The van der Waals surface area contributed by atoms with Crippen molar-refractivity contribution in [1.82, 2.24) is 39.6 Å². The van der Waals surface area contributed by atoms with E-state index in [4.69, 9.17) is 10.2 Å². The molecule has 0 bridgehead atoms. The van der Waals surface area contributed by atoms with Crippen molar-refractivity contribution >= 4 is 35.4 Å². The molecule has 2 saturated heterocycles. The first-order valence-corrected chi connectivity index (χ1v) is 17.4. The monoisotopic (exact) mass is 732 g/mol. The van der Waals surface area contributed by atoms with Gasteiger partial charge in [0.1, 0.15) is 0 Å². The lowest BCUT2D eigenvalue weighted by Gasteiger charge is -2.41. The fourth-order valence-corrected chi connectivity index (χ4v) is 4.83. The Morgan fingerprint density at radius 1 is 0.558 bits per heavy atom. The molecule has 3 N–H and O–H groups in total. The number of nitrogens with one attached hydrogen (secondary N) is 1. The average molecular weight is 733 g/mol. The number of carbonyl (C=O) groups excluding carboxylic acids is 6. The quantitative estimate of drug-likeness (QED) is 0.133. The number of aliphatic hydroxyl groups is 2. The molecule has 16 nitrogen and oxygen atoms in total. The Balaban J connectivity index is 0.000000861. The summed E-state index contributed by atoms with van der Waals surface area (Å²) in [5, 5.41) is 20.4. The maximum atomic E-state index is 12.6. The second-order valence-electron chi connectivity index (χ2n) is 11.6. The normalized spacial score (nSPS) is 13.9. The molecule has 2 aliphatic heterocycles. The van der Waals surface area contributed by atoms with Gasteiger partial charge in [0, 0.05) is 26.2 Å². The second kappa shape index (κ2) is 28.0. The van der Waals surface area contributed by atoms with Crippen molar-refractivity contribution in [2.75, 3.05) is 85.9 Å². The van der Waals surface area contributed by atoms with E-state index >= 15 is 0 Å². The van der Waals surface area contributed by atoms with Gasteiger partial charge in [-0.15, -0.1) is 0 Å². The van der Waals surface area contributed by atoms with Gasteiger partial charge in [-0.2, -0.15) is 0 Å². The molecule has 0 unspecified atom stereocenters. The summed E-state index contributed by atoms with van der Waals surface area (Å²) < 4.78 is 0. The van der Waals surface area contributed by atoms with Gasteiger partial charge < -0.3 is 49.8 Å². The molecule has 2 fully saturated rings. The van der Waals surface area contributed by atoms with Crippen LogP contribution in [0.2, 0.25) is 0 Å². The fraction of sp³-hybridized carbons (Fsp3) is 0.556. The number of unbranched alkanes of at least 4 members (excludes halogenated alkanes) is 2. The second-order valence-corrected chi connectivity index (χ2v) is 11.6. The zero-order valence-electron chi connectivity index (χ0n) is 31.1. The highest BCUT2D eigenvalue weighted by molar-refractivity contribution is 5.92. The molecule has 6 amide bonds. The molecule has 0 aromatic carbocycles. The molecule has 52 heavy (non-hydrogen) atoms. The van der Waals surface area contributed by atoms with Crippen molar-refractivity contribution in [1.29, 1.82) is 0 Å². The van der Waals surface area contributed by atoms with E-state index in [0.717, 1.165) is 70.1 Å². The highest BCUT2D eigenvalue weighted by Gasteiger charge is 2.31. The summed E-state index contributed by atoms with van der Waals surface area (Å²) in [6.07, 6.45) is 9.69. The van der Waals surface area contributed by atoms with Crippen molar-refractivity contribution < 1.29 is 39.0 Å². The summed E-state index contributed by atoms with van der Waals surface area (Å²) in [5.74, 6) is -1.82. The van der Waals surface area contributed by atoms with E-state index < -0.39 is 0 Å². The number of hydrogen-bond acceptors (Lipinski definition) is 10. The summed E-state index contributed by atoms with van der Waals surface area (Å²) in [6, 6.07) is 0. The summed E-state index contributed by atoms with van der Waals surface area (Å²) in [7, 11) is 0. The molecule has 2 heterocycles. The predicted octanol–water partition coefficient (Wildman–Crippen LogP) is 0.500. The van der Waals surface area contributed by atoms with E-state index in [2.05, 4.69) is 50.0 Å². The Bertz CT molecular complexity index is 1110. The Kier molecular flexibility index (Phi) is 25.5. The van der Waals surface area contributed by atoms with Crippen LogP contribution in [0.5, 0.6) is 0 Å². The lowest BCUT2D eigenvalue weighted by molar-refractivity contribution is -0.155. The first kappa shape index (κ1) is 47.4. The van der Waals surface area contributed by atoms with E-state index in [9.17, 15) is 28.8 Å². The van der Waals surface area contributed by atoms with Crippen molar-refractivity contribution in [3.05, 3.63) is 63.3 Å². The molecule has 2 rings (SSSR count).